The molecular weight excluding hydrogens is 272 g/mol. The summed E-state index contributed by atoms with van der Waals surface area (Å²) in [5, 5.41) is 0.435. The Morgan fingerprint density at radius 1 is 1.30 bits per heavy atom. The summed E-state index contributed by atoms with van der Waals surface area (Å²) in [7, 11) is 0. The van der Waals surface area contributed by atoms with Gasteiger partial charge in [0.25, 0.3) is 5.91 Å². The Labute approximate surface area is 125 Å². The molecule has 0 bridgehead atoms. The molecular formula is C16H23ClN2O. The topological polar surface area (TPSA) is 23.6 Å². The van der Waals surface area contributed by atoms with Gasteiger partial charge in [0.05, 0.1) is 0 Å². The molecule has 0 aliphatic carbocycles. The highest BCUT2D eigenvalue weighted by Gasteiger charge is 2.56. The normalized spacial score (nSPS) is 44.7. The van der Waals surface area contributed by atoms with Crippen LogP contribution in [0.3, 0.4) is 0 Å². The predicted octanol–water partition coefficient (Wildman–Crippen LogP) is 2.60. The number of nitrogens with zero attached hydrogens (tertiary/aromatic N) is 2. The van der Waals surface area contributed by atoms with Crippen LogP contribution >= 0.6 is 11.6 Å². The lowest BCUT2D eigenvalue weighted by molar-refractivity contribution is -0.155. The van der Waals surface area contributed by atoms with E-state index in [9.17, 15) is 4.79 Å². The molecule has 0 aromatic carbocycles. The third-order valence-corrected chi connectivity index (χ3v) is 6.59. The summed E-state index contributed by atoms with van der Waals surface area (Å²) in [5.74, 6) is 1.36. The first-order chi connectivity index (χ1) is 9.61. The van der Waals surface area contributed by atoms with E-state index < -0.39 is 0 Å². The van der Waals surface area contributed by atoms with Gasteiger partial charge in [0.2, 0.25) is 0 Å². The Morgan fingerprint density at radius 2 is 2.05 bits per heavy atom. The van der Waals surface area contributed by atoms with Crippen molar-refractivity contribution < 1.29 is 4.79 Å². The number of amides is 1. The molecule has 3 nitrogen and oxygen atoms in total. The summed E-state index contributed by atoms with van der Waals surface area (Å²) in [4.78, 5) is 17.4. The van der Waals surface area contributed by atoms with Crippen molar-refractivity contribution in [2.45, 2.75) is 50.6 Å². The molecule has 0 spiro atoms. The van der Waals surface area contributed by atoms with Gasteiger partial charge in [-0.05, 0) is 64.0 Å². The molecule has 0 N–H and O–H groups in total. The maximum atomic E-state index is 12.5. The molecule has 4 aliphatic rings. The highest BCUT2D eigenvalue weighted by atomic mass is 35.5. The number of piperidine rings is 3. The minimum Gasteiger partial charge on any atom is -0.332 e. The minimum atomic E-state index is -0.00729. The van der Waals surface area contributed by atoms with Gasteiger partial charge in [-0.1, -0.05) is 17.7 Å². The van der Waals surface area contributed by atoms with Gasteiger partial charge in [-0.2, -0.15) is 0 Å². The predicted molar refractivity (Wildman–Crippen MR) is 79.5 cm³/mol. The fourth-order valence-electron chi connectivity index (χ4n) is 5.31. The molecule has 4 atom stereocenters. The highest BCUT2D eigenvalue weighted by molar-refractivity contribution is 6.42. The van der Waals surface area contributed by atoms with Crippen LogP contribution in [0.1, 0.15) is 39.0 Å². The van der Waals surface area contributed by atoms with E-state index in [1.165, 1.54) is 38.8 Å². The van der Waals surface area contributed by atoms with Crippen molar-refractivity contribution in [1.82, 2.24) is 9.80 Å². The molecule has 1 amide bonds. The number of rotatable bonds is 0. The third kappa shape index (κ3) is 1.66. The van der Waals surface area contributed by atoms with Crippen LogP contribution in [0.15, 0.2) is 11.1 Å². The summed E-state index contributed by atoms with van der Waals surface area (Å²) >= 11 is 6.12. The number of hydrogen-bond donors (Lipinski definition) is 0. The van der Waals surface area contributed by atoms with Gasteiger partial charge >= 0.3 is 0 Å². The molecule has 4 heterocycles. The van der Waals surface area contributed by atoms with Crippen molar-refractivity contribution in [3.8, 4) is 0 Å². The molecule has 0 aromatic rings. The molecule has 4 aliphatic heterocycles. The SMILES string of the molecule is C[C@]12CC=C(Cl)C(=O)N1C[C@@H]1CCCN3CCC[C@H]2[C@H]13. The Balaban J connectivity index is 1.75. The average molecular weight is 295 g/mol. The van der Waals surface area contributed by atoms with Crippen LogP contribution in [-0.2, 0) is 4.79 Å². The number of carbonyl (C=O) groups excluding carboxylic acids is 1. The first-order valence-corrected chi connectivity index (χ1v) is 8.41. The lowest BCUT2D eigenvalue weighted by Gasteiger charge is -2.62. The van der Waals surface area contributed by atoms with Crippen LogP contribution in [0.2, 0.25) is 0 Å². The Bertz CT molecular complexity index is 475. The number of carbonyl (C=O) groups is 1. The summed E-state index contributed by atoms with van der Waals surface area (Å²) in [6.07, 6.45) is 8.00. The average Bonchev–Trinajstić information content (AvgIpc) is 2.47. The van der Waals surface area contributed by atoms with E-state index in [1.54, 1.807) is 0 Å². The minimum absolute atomic E-state index is 0.00729. The molecule has 0 radical (unpaired) electrons. The van der Waals surface area contributed by atoms with Crippen LogP contribution in [0.4, 0.5) is 0 Å². The molecule has 20 heavy (non-hydrogen) atoms. The van der Waals surface area contributed by atoms with Crippen molar-refractivity contribution in [1.29, 1.82) is 0 Å². The van der Waals surface area contributed by atoms with Crippen LogP contribution in [-0.4, -0.2) is 46.9 Å². The van der Waals surface area contributed by atoms with Gasteiger partial charge in [-0.3, -0.25) is 9.69 Å². The van der Waals surface area contributed by atoms with E-state index >= 15 is 0 Å². The molecule has 3 fully saturated rings. The van der Waals surface area contributed by atoms with Crippen molar-refractivity contribution in [3.05, 3.63) is 11.1 Å². The van der Waals surface area contributed by atoms with E-state index in [4.69, 9.17) is 11.6 Å². The summed E-state index contributed by atoms with van der Waals surface area (Å²) in [6, 6.07) is 0.705. The molecule has 4 rings (SSSR count). The Kier molecular flexibility index (Phi) is 2.94. The molecule has 4 heteroatoms. The second-order valence-corrected chi connectivity index (χ2v) is 7.61. The quantitative estimate of drug-likeness (QED) is 0.686. The van der Waals surface area contributed by atoms with Gasteiger partial charge in [0.1, 0.15) is 5.03 Å². The van der Waals surface area contributed by atoms with Crippen molar-refractivity contribution in [3.63, 3.8) is 0 Å². The zero-order valence-electron chi connectivity index (χ0n) is 12.1. The van der Waals surface area contributed by atoms with Gasteiger partial charge in [0.15, 0.2) is 0 Å². The second-order valence-electron chi connectivity index (χ2n) is 7.21. The van der Waals surface area contributed by atoms with Crippen LogP contribution in [0.5, 0.6) is 0 Å². The van der Waals surface area contributed by atoms with E-state index in [0.29, 0.717) is 22.9 Å². The molecule has 0 aromatic heterocycles. The lowest BCUT2D eigenvalue weighted by Crippen LogP contribution is -2.71. The van der Waals surface area contributed by atoms with Gasteiger partial charge in [-0.25, -0.2) is 0 Å². The zero-order chi connectivity index (χ0) is 13.9. The molecule has 0 unspecified atom stereocenters. The molecule has 3 saturated heterocycles. The number of fused-ring (bicyclic) bond motifs is 2. The van der Waals surface area contributed by atoms with Crippen molar-refractivity contribution >= 4 is 17.5 Å². The fraction of sp³-hybridized carbons (Fsp3) is 0.812. The standard InChI is InChI=1S/C16H23ClN2O/c1-16-7-6-13(17)15(20)19(16)10-11-4-2-8-18-9-3-5-12(16)14(11)18/h6,11-12,14H,2-5,7-10H2,1H3/t11-,12-,14-,16+/m0/s1. The van der Waals surface area contributed by atoms with E-state index in [2.05, 4.69) is 16.7 Å². The van der Waals surface area contributed by atoms with Gasteiger partial charge in [-0.15, -0.1) is 0 Å². The lowest BCUT2D eigenvalue weighted by atomic mass is 9.62. The Morgan fingerprint density at radius 3 is 2.85 bits per heavy atom. The molecule has 0 saturated carbocycles. The van der Waals surface area contributed by atoms with Gasteiger partial charge < -0.3 is 4.90 Å². The molecule has 110 valence electrons. The monoisotopic (exact) mass is 294 g/mol. The largest absolute Gasteiger partial charge is 0.332 e. The van der Waals surface area contributed by atoms with Crippen molar-refractivity contribution in [2.24, 2.45) is 11.8 Å². The maximum absolute atomic E-state index is 12.5. The zero-order valence-corrected chi connectivity index (χ0v) is 12.9. The fourth-order valence-corrected chi connectivity index (χ4v) is 5.49. The van der Waals surface area contributed by atoms with E-state index in [1.807, 2.05) is 6.08 Å². The Hall–Kier alpha value is -0.540. The van der Waals surface area contributed by atoms with Crippen molar-refractivity contribution in [2.75, 3.05) is 19.6 Å². The number of halogens is 1. The van der Waals surface area contributed by atoms with E-state index in [-0.39, 0.29) is 11.4 Å². The smallest absolute Gasteiger partial charge is 0.265 e. The summed E-state index contributed by atoms with van der Waals surface area (Å²) < 4.78 is 0. The van der Waals surface area contributed by atoms with Gasteiger partial charge in [0, 0.05) is 18.1 Å². The van der Waals surface area contributed by atoms with Crippen LogP contribution in [0.25, 0.3) is 0 Å². The number of hydrogen-bond acceptors (Lipinski definition) is 2. The second kappa shape index (κ2) is 4.48. The van der Waals surface area contributed by atoms with Crippen LogP contribution in [0, 0.1) is 11.8 Å². The van der Waals surface area contributed by atoms with E-state index in [0.717, 1.165) is 13.0 Å². The first kappa shape index (κ1) is 13.1. The first-order valence-electron chi connectivity index (χ1n) is 8.03. The summed E-state index contributed by atoms with van der Waals surface area (Å²) in [5.41, 5.74) is -0.00729. The highest BCUT2D eigenvalue weighted by Crippen LogP contribution is 2.50. The third-order valence-electron chi connectivity index (χ3n) is 6.27. The van der Waals surface area contributed by atoms with Crippen LogP contribution < -0.4 is 0 Å². The maximum Gasteiger partial charge on any atom is 0.265 e. The summed E-state index contributed by atoms with van der Waals surface area (Å²) in [6.45, 7) is 5.73.